The first-order chi connectivity index (χ1) is 7.49. The Balaban J connectivity index is 3.41. The summed E-state index contributed by atoms with van der Waals surface area (Å²) in [5, 5.41) is 10.6. The van der Waals surface area contributed by atoms with E-state index in [4.69, 9.17) is 16.3 Å². The third-order valence-corrected chi connectivity index (χ3v) is 2.32. The summed E-state index contributed by atoms with van der Waals surface area (Å²) in [5.41, 5.74) is -0.243. The molecule has 1 aromatic rings. The van der Waals surface area contributed by atoms with Gasteiger partial charge in [0.25, 0.3) is 0 Å². The molecule has 5 nitrogen and oxygen atoms in total. The summed E-state index contributed by atoms with van der Waals surface area (Å²) in [6.07, 6.45) is 0. The number of Topliss-reactive ketones (excluding diaryl/α,β-unsaturated/α-hetero) is 1. The Morgan fingerprint density at radius 3 is 2.62 bits per heavy atom. The SMILES string of the molecule is CCOc1ccc(C(C)=O)c(Cl)c1[N+](=O)[O-]. The minimum atomic E-state index is -0.653. The van der Waals surface area contributed by atoms with Crippen molar-refractivity contribution in [2.45, 2.75) is 13.8 Å². The van der Waals surface area contributed by atoms with E-state index in [9.17, 15) is 14.9 Å². The molecule has 0 radical (unpaired) electrons. The number of rotatable bonds is 4. The van der Waals surface area contributed by atoms with Gasteiger partial charge in [-0.3, -0.25) is 14.9 Å². The molecule has 0 saturated carbocycles. The summed E-state index contributed by atoms with van der Waals surface area (Å²) in [6.45, 7) is 3.29. The molecule has 0 heterocycles. The van der Waals surface area contributed by atoms with Crippen molar-refractivity contribution in [1.82, 2.24) is 0 Å². The van der Waals surface area contributed by atoms with Gasteiger partial charge >= 0.3 is 5.69 Å². The number of carbonyl (C=O) groups excluding carboxylic acids is 1. The Morgan fingerprint density at radius 1 is 1.56 bits per heavy atom. The molecule has 0 fully saturated rings. The van der Waals surface area contributed by atoms with Crippen molar-refractivity contribution < 1.29 is 14.5 Å². The number of benzene rings is 1. The molecule has 6 heteroatoms. The summed E-state index contributed by atoms with van der Waals surface area (Å²) in [7, 11) is 0. The van der Waals surface area contributed by atoms with Crippen LogP contribution in [0, 0.1) is 10.1 Å². The highest BCUT2D eigenvalue weighted by Gasteiger charge is 2.24. The van der Waals surface area contributed by atoms with Gasteiger partial charge < -0.3 is 4.74 Å². The maximum Gasteiger partial charge on any atom is 0.330 e. The Labute approximate surface area is 97.1 Å². The van der Waals surface area contributed by atoms with Crippen LogP contribution < -0.4 is 4.74 Å². The first kappa shape index (κ1) is 12.4. The van der Waals surface area contributed by atoms with E-state index in [0.29, 0.717) is 0 Å². The molecule has 0 atom stereocenters. The lowest BCUT2D eigenvalue weighted by Crippen LogP contribution is -2.02. The highest BCUT2D eigenvalue weighted by atomic mass is 35.5. The molecule has 0 aliphatic heterocycles. The number of carbonyl (C=O) groups is 1. The van der Waals surface area contributed by atoms with Crippen molar-refractivity contribution in [3.8, 4) is 5.75 Å². The van der Waals surface area contributed by atoms with Gasteiger partial charge in [-0.05, 0) is 26.0 Å². The Bertz CT molecular complexity index is 445. The van der Waals surface area contributed by atoms with Crippen LogP contribution in [0.4, 0.5) is 5.69 Å². The van der Waals surface area contributed by atoms with Crippen LogP contribution in [0.5, 0.6) is 5.75 Å². The lowest BCUT2D eigenvalue weighted by molar-refractivity contribution is -0.385. The molecule has 86 valence electrons. The molecule has 0 aliphatic carbocycles. The number of halogens is 1. The van der Waals surface area contributed by atoms with E-state index in [2.05, 4.69) is 0 Å². The van der Waals surface area contributed by atoms with Gasteiger partial charge in [-0.2, -0.15) is 0 Å². The number of ether oxygens (including phenoxy) is 1. The van der Waals surface area contributed by atoms with Crippen molar-refractivity contribution in [2.75, 3.05) is 6.61 Å². The normalized spacial score (nSPS) is 9.94. The van der Waals surface area contributed by atoms with E-state index in [0.717, 1.165) is 0 Å². The number of ketones is 1. The Morgan fingerprint density at radius 2 is 2.19 bits per heavy atom. The molecular weight excluding hydrogens is 234 g/mol. The predicted octanol–water partition coefficient (Wildman–Crippen LogP) is 2.85. The van der Waals surface area contributed by atoms with E-state index in [1.165, 1.54) is 19.1 Å². The number of nitro benzene ring substituents is 1. The van der Waals surface area contributed by atoms with Gasteiger partial charge in [0.1, 0.15) is 5.02 Å². The lowest BCUT2D eigenvalue weighted by atomic mass is 10.1. The standard InChI is InChI=1S/C10H10ClNO4/c1-3-16-8-5-4-7(6(2)13)9(11)10(8)12(14)15/h4-5H,3H2,1-2H3. The maximum atomic E-state index is 11.2. The maximum absolute atomic E-state index is 11.2. The van der Waals surface area contributed by atoms with Crippen LogP contribution in [0.25, 0.3) is 0 Å². The van der Waals surface area contributed by atoms with Crippen LogP contribution >= 0.6 is 11.6 Å². The van der Waals surface area contributed by atoms with Gasteiger partial charge in [0, 0.05) is 5.56 Å². The van der Waals surface area contributed by atoms with Crippen LogP contribution in [-0.2, 0) is 0 Å². The third-order valence-electron chi connectivity index (χ3n) is 1.94. The molecule has 0 aromatic heterocycles. The first-order valence-corrected chi connectivity index (χ1v) is 4.97. The van der Waals surface area contributed by atoms with Crippen molar-refractivity contribution >= 4 is 23.1 Å². The fourth-order valence-corrected chi connectivity index (χ4v) is 1.62. The van der Waals surface area contributed by atoms with E-state index in [1.54, 1.807) is 6.92 Å². The van der Waals surface area contributed by atoms with Gasteiger partial charge in [0.05, 0.1) is 11.5 Å². The van der Waals surface area contributed by atoms with Gasteiger partial charge in [-0.25, -0.2) is 0 Å². The minimum absolute atomic E-state index is 0.0718. The summed E-state index contributed by atoms with van der Waals surface area (Å²) >= 11 is 5.80. The zero-order valence-corrected chi connectivity index (χ0v) is 9.58. The summed E-state index contributed by atoms with van der Waals surface area (Å²) < 4.78 is 5.08. The second kappa shape index (κ2) is 4.94. The van der Waals surface area contributed by atoms with Crippen LogP contribution in [0.2, 0.25) is 5.02 Å². The molecule has 0 N–H and O–H groups in total. The first-order valence-electron chi connectivity index (χ1n) is 4.59. The molecule has 1 rings (SSSR count). The topological polar surface area (TPSA) is 69.4 Å². The van der Waals surface area contributed by atoms with Crippen LogP contribution in [0.3, 0.4) is 0 Å². The van der Waals surface area contributed by atoms with Gasteiger partial charge in [-0.15, -0.1) is 0 Å². The summed E-state index contributed by atoms with van der Waals surface area (Å²) in [6, 6.07) is 2.80. The zero-order chi connectivity index (χ0) is 12.3. The largest absolute Gasteiger partial charge is 0.487 e. The van der Waals surface area contributed by atoms with Gasteiger partial charge in [0.2, 0.25) is 0 Å². The quantitative estimate of drug-likeness (QED) is 0.463. The average Bonchev–Trinajstić information content (AvgIpc) is 2.17. The molecule has 1 aromatic carbocycles. The molecule has 0 bridgehead atoms. The van der Waals surface area contributed by atoms with Crippen LogP contribution in [-0.4, -0.2) is 17.3 Å². The number of hydrogen-bond donors (Lipinski definition) is 0. The minimum Gasteiger partial charge on any atom is -0.487 e. The Hall–Kier alpha value is -1.62. The van der Waals surface area contributed by atoms with Crippen LogP contribution in [0.15, 0.2) is 12.1 Å². The molecule has 0 spiro atoms. The Kier molecular flexibility index (Phi) is 3.84. The monoisotopic (exact) mass is 243 g/mol. The molecule has 0 unspecified atom stereocenters. The van der Waals surface area contributed by atoms with Crippen molar-refractivity contribution in [3.63, 3.8) is 0 Å². The fourth-order valence-electron chi connectivity index (χ4n) is 1.26. The average molecular weight is 244 g/mol. The highest BCUT2D eigenvalue weighted by molar-refractivity contribution is 6.36. The zero-order valence-electron chi connectivity index (χ0n) is 8.82. The predicted molar refractivity (Wildman–Crippen MR) is 59.3 cm³/mol. The van der Waals surface area contributed by atoms with Gasteiger partial charge in [0.15, 0.2) is 11.5 Å². The van der Waals surface area contributed by atoms with E-state index < -0.39 is 4.92 Å². The van der Waals surface area contributed by atoms with Crippen molar-refractivity contribution in [2.24, 2.45) is 0 Å². The van der Waals surface area contributed by atoms with Gasteiger partial charge in [-0.1, -0.05) is 11.6 Å². The van der Waals surface area contributed by atoms with Crippen LogP contribution in [0.1, 0.15) is 24.2 Å². The molecule has 0 amide bonds. The fraction of sp³-hybridized carbons (Fsp3) is 0.300. The number of hydrogen-bond acceptors (Lipinski definition) is 4. The number of nitrogens with zero attached hydrogens (tertiary/aromatic N) is 1. The van der Waals surface area contributed by atoms with E-state index >= 15 is 0 Å². The molecule has 16 heavy (non-hydrogen) atoms. The smallest absolute Gasteiger partial charge is 0.330 e. The van der Waals surface area contributed by atoms with E-state index in [-0.39, 0.29) is 34.4 Å². The van der Waals surface area contributed by atoms with Crippen molar-refractivity contribution in [3.05, 3.63) is 32.8 Å². The third kappa shape index (κ3) is 2.30. The molecule has 0 aliphatic rings. The summed E-state index contributed by atoms with van der Waals surface area (Å²) in [4.78, 5) is 21.3. The lowest BCUT2D eigenvalue weighted by Gasteiger charge is -2.07. The number of nitro groups is 1. The second-order valence-electron chi connectivity index (χ2n) is 3.02. The van der Waals surface area contributed by atoms with E-state index in [1.807, 2.05) is 0 Å². The molecular formula is C10H10ClNO4. The highest BCUT2D eigenvalue weighted by Crippen LogP contribution is 2.37. The van der Waals surface area contributed by atoms with Crippen molar-refractivity contribution in [1.29, 1.82) is 0 Å². The second-order valence-corrected chi connectivity index (χ2v) is 3.40. The summed E-state index contributed by atoms with van der Waals surface area (Å²) in [5.74, 6) is -0.251. The molecule has 0 saturated heterocycles.